The number of nitrogens with zero attached hydrogens (tertiary/aromatic N) is 1. The summed E-state index contributed by atoms with van der Waals surface area (Å²) in [7, 11) is 0. The summed E-state index contributed by atoms with van der Waals surface area (Å²) in [4.78, 5) is 1.95. The van der Waals surface area contributed by atoms with E-state index in [0.29, 0.717) is 17.2 Å². The van der Waals surface area contributed by atoms with Crippen molar-refractivity contribution in [1.29, 1.82) is 0 Å². The van der Waals surface area contributed by atoms with Gasteiger partial charge < -0.3 is 4.90 Å². The molecule has 1 nitrogen and oxygen atoms in total. The van der Waals surface area contributed by atoms with E-state index in [2.05, 4.69) is 129 Å². The van der Waals surface area contributed by atoms with Crippen molar-refractivity contribution < 1.29 is 8.78 Å². The highest BCUT2D eigenvalue weighted by atomic mass is 19.1. The van der Waals surface area contributed by atoms with Gasteiger partial charge in [0.15, 0.2) is 0 Å². The lowest BCUT2D eigenvalue weighted by Crippen LogP contribution is -2.32. The predicted octanol–water partition coefficient (Wildman–Crippen LogP) is 14.7. The van der Waals surface area contributed by atoms with Crippen LogP contribution < -0.4 is 15.3 Å². The SMILES string of the molecule is C/C=C(\c1ccccc1CC)C(C)C.C=C/C(=c1/ccccc1=C)N(c1ccccc1F)c1cc2c(c(C=C)c1C=C)-c1ccc(C)cc1C2(C)C.Cc1ccccc1F. The predicted molar refractivity (Wildman–Crippen MR) is 258 cm³/mol. The van der Waals surface area contributed by atoms with E-state index in [9.17, 15) is 4.39 Å². The van der Waals surface area contributed by atoms with Gasteiger partial charge in [-0.1, -0.05) is 182 Å². The molecule has 0 N–H and O–H groups in total. The lowest BCUT2D eigenvalue weighted by atomic mass is 9.80. The molecule has 6 aromatic rings. The number of hydrogen-bond acceptors (Lipinski definition) is 1. The van der Waals surface area contributed by atoms with Crippen LogP contribution >= 0.6 is 0 Å². The van der Waals surface area contributed by atoms with Crippen molar-refractivity contribution in [3.63, 3.8) is 0 Å². The summed E-state index contributed by atoms with van der Waals surface area (Å²) >= 11 is 0. The molecule has 0 radical (unpaired) electrons. The molecule has 0 saturated heterocycles. The molecule has 0 saturated carbocycles. The van der Waals surface area contributed by atoms with Crippen molar-refractivity contribution in [2.45, 2.75) is 67.2 Å². The van der Waals surface area contributed by atoms with Crippen LogP contribution in [0.1, 0.15) is 86.1 Å². The van der Waals surface area contributed by atoms with Gasteiger partial charge in [-0.15, -0.1) is 0 Å². The summed E-state index contributed by atoms with van der Waals surface area (Å²) in [5.74, 6) is 0.141. The number of hydrogen-bond donors (Lipinski definition) is 0. The molecule has 6 aromatic carbocycles. The largest absolute Gasteiger partial charge is 0.306 e. The van der Waals surface area contributed by atoms with E-state index in [-0.39, 0.29) is 17.0 Å². The van der Waals surface area contributed by atoms with Gasteiger partial charge in [0.25, 0.3) is 0 Å². The number of halogens is 2. The first-order valence-electron chi connectivity index (χ1n) is 20.7. The van der Waals surface area contributed by atoms with E-state index in [1.807, 2.05) is 53.5 Å². The minimum absolute atomic E-state index is 0.132. The smallest absolute Gasteiger partial charge is 0.147 e. The molecule has 1 aliphatic carbocycles. The minimum atomic E-state index is -0.331. The molecule has 0 fully saturated rings. The van der Waals surface area contributed by atoms with E-state index in [4.69, 9.17) is 0 Å². The van der Waals surface area contributed by atoms with E-state index < -0.39 is 0 Å². The third-order valence-corrected chi connectivity index (χ3v) is 11.4. The van der Waals surface area contributed by atoms with Gasteiger partial charge in [-0.05, 0) is 119 Å². The normalized spacial score (nSPS) is 12.8. The first-order chi connectivity index (χ1) is 28.7. The molecule has 0 heterocycles. The molecule has 0 aliphatic heterocycles. The lowest BCUT2D eigenvalue weighted by molar-refractivity contribution is 0.618. The summed E-state index contributed by atoms with van der Waals surface area (Å²) in [6.07, 6.45) is 8.86. The van der Waals surface area contributed by atoms with Crippen LogP contribution in [0.4, 0.5) is 20.2 Å². The van der Waals surface area contributed by atoms with Gasteiger partial charge in [-0.2, -0.15) is 0 Å². The molecular weight excluding hydrogens is 737 g/mol. The Kier molecular flexibility index (Phi) is 14.6. The van der Waals surface area contributed by atoms with Crippen LogP contribution in [0.15, 0.2) is 153 Å². The standard InChI is InChI=1S/C36H32FN.C14H20.C7H7F/c1-8-25-26(9-2)35-28-20-19-23(4)21-29(28)36(6,7)30(35)22-34(25)38(33-18-14-13-17-31(33)37)32(10-3)27-16-12-11-15-24(27)5;1-5-12-9-7-8-10-14(12)13(6-2)11(3)4;1-6-4-2-3-5-7(6)8/h8-22H,1-3,5H2,4,6-7H3;6-11H,5H2,1-4H3;2-5H,1H3/b32-27+;13-6-;. The molecule has 60 heavy (non-hydrogen) atoms. The van der Waals surface area contributed by atoms with Gasteiger partial charge in [0, 0.05) is 16.2 Å². The molecule has 0 amide bonds. The Balaban J connectivity index is 0.000000253. The van der Waals surface area contributed by atoms with Gasteiger partial charge in [-0.3, -0.25) is 0 Å². The van der Waals surface area contributed by atoms with Crippen LogP contribution in [0.25, 0.3) is 41.1 Å². The highest BCUT2D eigenvalue weighted by molar-refractivity contribution is 5.98. The summed E-state index contributed by atoms with van der Waals surface area (Å²) in [5.41, 5.74) is 14.6. The number of rotatable bonds is 9. The second kappa shape index (κ2) is 19.6. The summed E-state index contributed by atoms with van der Waals surface area (Å²) in [6, 6.07) is 38.9. The Morgan fingerprint density at radius 2 is 1.33 bits per heavy atom. The molecule has 306 valence electrons. The van der Waals surface area contributed by atoms with Crippen LogP contribution in [0.2, 0.25) is 0 Å². The number of anilines is 2. The Morgan fingerprint density at radius 1 is 0.717 bits per heavy atom. The summed E-state index contributed by atoms with van der Waals surface area (Å²) < 4.78 is 27.9. The molecule has 0 spiro atoms. The van der Waals surface area contributed by atoms with Crippen LogP contribution in [-0.4, -0.2) is 0 Å². The van der Waals surface area contributed by atoms with Crippen molar-refractivity contribution in [2.24, 2.45) is 5.92 Å². The number of fused-ring (bicyclic) bond motifs is 3. The topological polar surface area (TPSA) is 3.24 Å². The molecular formula is C57H59F2N. The molecule has 0 bridgehead atoms. The Morgan fingerprint density at radius 3 is 1.90 bits per heavy atom. The van der Waals surface area contributed by atoms with Crippen molar-refractivity contribution >= 4 is 41.4 Å². The van der Waals surface area contributed by atoms with Gasteiger partial charge >= 0.3 is 0 Å². The second-order valence-corrected chi connectivity index (χ2v) is 15.9. The number of aryl methyl sites for hydroxylation is 3. The Labute approximate surface area is 357 Å². The van der Waals surface area contributed by atoms with Gasteiger partial charge in [-0.25, -0.2) is 8.78 Å². The van der Waals surface area contributed by atoms with Crippen LogP contribution in [0, 0.1) is 31.4 Å². The molecule has 3 heteroatoms. The quantitative estimate of drug-likeness (QED) is 0.141. The second-order valence-electron chi connectivity index (χ2n) is 15.9. The molecule has 0 atom stereocenters. The highest BCUT2D eigenvalue weighted by Crippen LogP contribution is 2.54. The molecule has 0 aromatic heterocycles. The van der Waals surface area contributed by atoms with E-state index in [1.165, 1.54) is 51.1 Å². The fraction of sp³-hybridized carbons (Fsp3) is 0.193. The van der Waals surface area contributed by atoms with Crippen molar-refractivity contribution in [1.82, 2.24) is 0 Å². The van der Waals surface area contributed by atoms with Crippen molar-refractivity contribution in [3.05, 3.63) is 220 Å². The summed E-state index contributed by atoms with van der Waals surface area (Å²) in [6.45, 7) is 34.0. The van der Waals surface area contributed by atoms with Crippen molar-refractivity contribution in [2.75, 3.05) is 4.90 Å². The zero-order chi connectivity index (χ0) is 43.7. The van der Waals surface area contributed by atoms with Crippen LogP contribution in [0.5, 0.6) is 0 Å². The molecule has 0 unspecified atom stereocenters. The fourth-order valence-corrected chi connectivity index (χ4v) is 8.21. The molecule has 1 aliphatic rings. The first kappa shape index (κ1) is 44.8. The number of allylic oxidation sites excluding steroid dienone is 2. The third-order valence-electron chi connectivity index (χ3n) is 11.4. The maximum Gasteiger partial charge on any atom is 0.147 e. The number of para-hydroxylation sites is 1. The van der Waals surface area contributed by atoms with E-state index >= 15 is 4.39 Å². The van der Waals surface area contributed by atoms with E-state index in [1.54, 1.807) is 37.3 Å². The minimum Gasteiger partial charge on any atom is -0.306 e. The van der Waals surface area contributed by atoms with Crippen LogP contribution in [0.3, 0.4) is 0 Å². The summed E-state index contributed by atoms with van der Waals surface area (Å²) in [5, 5.41) is 1.71. The van der Waals surface area contributed by atoms with Crippen molar-refractivity contribution in [3.8, 4) is 11.1 Å². The Bertz CT molecular complexity index is 2650. The fourth-order valence-electron chi connectivity index (χ4n) is 8.21. The first-order valence-corrected chi connectivity index (χ1v) is 20.7. The highest BCUT2D eigenvalue weighted by Gasteiger charge is 2.39. The number of benzene rings is 6. The maximum atomic E-state index is 15.6. The van der Waals surface area contributed by atoms with Gasteiger partial charge in [0.05, 0.1) is 17.1 Å². The Hall–Kier alpha value is -6.32. The zero-order valence-electron chi connectivity index (χ0n) is 36.7. The van der Waals surface area contributed by atoms with E-state index in [0.717, 1.165) is 44.9 Å². The monoisotopic (exact) mass is 795 g/mol. The van der Waals surface area contributed by atoms with Crippen LogP contribution in [-0.2, 0) is 11.8 Å². The third kappa shape index (κ3) is 9.11. The zero-order valence-corrected chi connectivity index (χ0v) is 36.7. The van der Waals surface area contributed by atoms with Gasteiger partial charge in [0.1, 0.15) is 11.6 Å². The lowest BCUT2D eigenvalue weighted by Gasteiger charge is -2.31. The van der Waals surface area contributed by atoms with Gasteiger partial charge in [0.2, 0.25) is 0 Å². The average Bonchev–Trinajstić information content (AvgIpc) is 3.46. The molecule has 7 rings (SSSR count). The average molecular weight is 796 g/mol. The maximum absolute atomic E-state index is 15.6.